The van der Waals surface area contributed by atoms with E-state index in [1.54, 1.807) is 12.4 Å². The van der Waals surface area contributed by atoms with Crippen LogP contribution in [-0.4, -0.2) is 14.5 Å². The number of fused-ring (bicyclic) bond motifs is 1. The maximum Gasteiger partial charge on any atom is 0.145 e. The molecule has 3 aromatic rings. The number of hydrogen-bond donors (Lipinski definition) is 1. The molecule has 0 atom stereocenters. The Labute approximate surface area is 98.7 Å². The molecular formula is C13H12N4. The largest absolute Gasteiger partial charge is 0.324 e. The standard InChI is InChI=1S/C13H12N4/c14-9-12-15-7-8-17(12)13-11-4-2-1-3-10(11)5-6-16-13/h1-8H,9,14H2. The highest BCUT2D eigenvalue weighted by atomic mass is 15.1. The van der Waals surface area contributed by atoms with Gasteiger partial charge in [-0.15, -0.1) is 0 Å². The second-order valence-corrected chi connectivity index (χ2v) is 3.77. The molecule has 0 amide bonds. The first-order valence-electron chi connectivity index (χ1n) is 5.46. The summed E-state index contributed by atoms with van der Waals surface area (Å²) < 4.78 is 1.93. The summed E-state index contributed by atoms with van der Waals surface area (Å²) in [5.74, 6) is 1.69. The number of nitrogens with zero attached hydrogens (tertiary/aromatic N) is 3. The monoisotopic (exact) mass is 224 g/mol. The van der Waals surface area contributed by atoms with Crippen LogP contribution in [0.5, 0.6) is 0 Å². The average molecular weight is 224 g/mol. The molecule has 0 saturated heterocycles. The Kier molecular flexibility index (Phi) is 2.34. The van der Waals surface area contributed by atoms with E-state index in [0.29, 0.717) is 6.54 Å². The SMILES string of the molecule is NCc1nccn1-c1nccc2ccccc12. The maximum absolute atomic E-state index is 5.67. The summed E-state index contributed by atoms with van der Waals surface area (Å²) in [5.41, 5.74) is 5.67. The molecule has 0 fully saturated rings. The van der Waals surface area contributed by atoms with Crippen LogP contribution in [0, 0.1) is 0 Å². The van der Waals surface area contributed by atoms with Gasteiger partial charge in [-0.05, 0) is 11.5 Å². The van der Waals surface area contributed by atoms with E-state index >= 15 is 0 Å². The molecule has 2 heterocycles. The van der Waals surface area contributed by atoms with E-state index in [1.165, 1.54) is 0 Å². The van der Waals surface area contributed by atoms with E-state index in [9.17, 15) is 0 Å². The van der Waals surface area contributed by atoms with Crippen molar-refractivity contribution in [2.75, 3.05) is 0 Å². The van der Waals surface area contributed by atoms with Crippen LogP contribution in [0.1, 0.15) is 5.82 Å². The predicted molar refractivity (Wildman–Crippen MR) is 66.8 cm³/mol. The van der Waals surface area contributed by atoms with Crippen LogP contribution in [0.15, 0.2) is 48.9 Å². The van der Waals surface area contributed by atoms with Gasteiger partial charge in [-0.3, -0.25) is 4.57 Å². The van der Waals surface area contributed by atoms with Gasteiger partial charge in [0.2, 0.25) is 0 Å². The Hall–Kier alpha value is -2.20. The normalized spacial score (nSPS) is 10.9. The van der Waals surface area contributed by atoms with Crippen molar-refractivity contribution in [2.24, 2.45) is 5.73 Å². The third-order valence-corrected chi connectivity index (χ3v) is 2.78. The second kappa shape index (κ2) is 3.99. The zero-order valence-electron chi connectivity index (χ0n) is 9.24. The lowest BCUT2D eigenvalue weighted by atomic mass is 10.1. The molecule has 0 aliphatic heterocycles. The molecule has 4 nitrogen and oxygen atoms in total. The summed E-state index contributed by atoms with van der Waals surface area (Å²) in [7, 11) is 0. The van der Waals surface area contributed by atoms with Crippen LogP contribution in [0.2, 0.25) is 0 Å². The van der Waals surface area contributed by atoms with Crippen LogP contribution in [0.3, 0.4) is 0 Å². The van der Waals surface area contributed by atoms with Crippen molar-refractivity contribution in [3.05, 3.63) is 54.7 Å². The number of aromatic nitrogens is 3. The fourth-order valence-electron chi connectivity index (χ4n) is 1.97. The summed E-state index contributed by atoms with van der Waals surface area (Å²) >= 11 is 0. The van der Waals surface area contributed by atoms with Gasteiger partial charge in [0, 0.05) is 24.0 Å². The van der Waals surface area contributed by atoms with Gasteiger partial charge in [0.25, 0.3) is 0 Å². The van der Waals surface area contributed by atoms with Crippen molar-refractivity contribution in [2.45, 2.75) is 6.54 Å². The highest BCUT2D eigenvalue weighted by Gasteiger charge is 2.07. The fourth-order valence-corrected chi connectivity index (χ4v) is 1.97. The minimum atomic E-state index is 0.401. The molecule has 2 N–H and O–H groups in total. The summed E-state index contributed by atoms with van der Waals surface area (Å²) in [6, 6.07) is 10.1. The van der Waals surface area contributed by atoms with Gasteiger partial charge in [0.15, 0.2) is 0 Å². The second-order valence-electron chi connectivity index (χ2n) is 3.77. The van der Waals surface area contributed by atoms with Crippen molar-refractivity contribution in [3.63, 3.8) is 0 Å². The molecule has 4 heteroatoms. The highest BCUT2D eigenvalue weighted by molar-refractivity contribution is 5.88. The molecule has 2 aromatic heterocycles. The number of imidazole rings is 1. The lowest BCUT2D eigenvalue weighted by Crippen LogP contribution is -2.07. The van der Waals surface area contributed by atoms with Gasteiger partial charge in [0.1, 0.15) is 11.6 Å². The molecule has 0 radical (unpaired) electrons. The zero-order chi connectivity index (χ0) is 11.7. The molecule has 0 bridgehead atoms. The van der Waals surface area contributed by atoms with Crippen LogP contribution < -0.4 is 5.73 Å². The van der Waals surface area contributed by atoms with E-state index in [4.69, 9.17) is 5.73 Å². The summed E-state index contributed by atoms with van der Waals surface area (Å²) in [4.78, 5) is 8.64. The summed E-state index contributed by atoms with van der Waals surface area (Å²) in [5, 5.41) is 2.26. The van der Waals surface area contributed by atoms with Gasteiger partial charge in [-0.25, -0.2) is 9.97 Å². The Morgan fingerprint density at radius 1 is 1.06 bits per heavy atom. The molecular weight excluding hydrogens is 212 g/mol. The van der Waals surface area contributed by atoms with E-state index in [1.807, 2.05) is 29.0 Å². The molecule has 0 saturated carbocycles. The van der Waals surface area contributed by atoms with Crippen LogP contribution in [0.25, 0.3) is 16.6 Å². The Morgan fingerprint density at radius 3 is 2.82 bits per heavy atom. The maximum atomic E-state index is 5.67. The molecule has 0 spiro atoms. The van der Waals surface area contributed by atoms with E-state index < -0.39 is 0 Å². The van der Waals surface area contributed by atoms with Gasteiger partial charge in [-0.1, -0.05) is 24.3 Å². The zero-order valence-corrected chi connectivity index (χ0v) is 9.24. The van der Waals surface area contributed by atoms with Crippen molar-refractivity contribution in [1.82, 2.24) is 14.5 Å². The Bertz CT molecular complexity index is 652. The molecule has 0 aliphatic carbocycles. The fraction of sp³-hybridized carbons (Fsp3) is 0.0769. The van der Waals surface area contributed by atoms with Crippen molar-refractivity contribution in [3.8, 4) is 5.82 Å². The molecule has 84 valence electrons. The Morgan fingerprint density at radius 2 is 1.94 bits per heavy atom. The first-order valence-corrected chi connectivity index (χ1v) is 5.46. The van der Waals surface area contributed by atoms with Crippen LogP contribution in [-0.2, 0) is 6.54 Å². The first-order chi connectivity index (χ1) is 8.40. The van der Waals surface area contributed by atoms with Gasteiger partial charge < -0.3 is 5.73 Å². The molecule has 0 unspecified atom stereocenters. The van der Waals surface area contributed by atoms with Gasteiger partial charge in [-0.2, -0.15) is 0 Å². The smallest absolute Gasteiger partial charge is 0.145 e. The van der Waals surface area contributed by atoms with Gasteiger partial charge >= 0.3 is 0 Å². The van der Waals surface area contributed by atoms with Gasteiger partial charge in [0.05, 0.1) is 6.54 Å². The van der Waals surface area contributed by atoms with Crippen LogP contribution in [0.4, 0.5) is 0 Å². The minimum Gasteiger partial charge on any atom is -0.324 e. The quantitative estimate of drug-likeness (QED) is 0.723. The average Bonchev–Trinajstić information content (AvgIpc) is 2.86. The molecule has 0 aliphatic rings. The first kappa shape index (κ1) is 9.99. The Balaban J connectivity index is 2.31. The summed E-state index contributed by atoms with van der Waals surface area (Å²) in [6.07, 6.45) is 5.43. The topological polar surface area (TPSA) is 56.7 Å². The third kappa shape index (κ3) is 1.59. The minimum absolute atomic E-state index is 0.401. The lowest BCUT2D eigenvalue weighted by Gasteiger charge is -2.08. The van der Waals surface area contributed by atoms with E-state index in [2.05, 4.69) is 22.1 Å². The van der Waals surface area contributed by atoms with Crippen molar-refractivity contribution >= 4 is 10.8 Å². The van der Waals surface area contributed by atoms with Crippen molar-refractivity contribution in [1.29, 1.82) is 0 Å². The summed E-state index contributed by atoms with van der Waals surface area (Å²) in [6.45, 7) is 0.401. The molecule has 1 aromatic carbocycles. The number of hydrogen-bond acceptors (Lipinski definition) is 3. The predicted octanol–water partition coefficient (Wildman–Crippen LogP) is 1.88. The number of benzene rings is 1. The van der Waals surface area contributed by atoms with E-state index in [-0.39, 0.29) is 0 Å². The number of rotatable bonds is 2. The van der Waals surface area contributed by atoms with Crippen molar-refractivity contribution < 1.29 is 0 Å². The number of pyridine rings is 1. The van der Waals surface area contributed by atoms with Crippen LogP contribution >= 0.6 is 0 Å². The lowest BCUT2D eigenvalue weighted by molar-refractivity contribution is 0.854. The third-order valence-electron chi connectivity index (χ3n) is 2.78. The molecule has 3 rings (SSSR count). The van der Waals surface area contributed by atoms with E-state index in [0.717, 1.165) is 22.4 Å². The molecule has 17 heavy (non-hydrogen) atoms. The number of nitrogens with two attached hydrogens (primary N) is 1. The highest BCUT2D eigenvalue weighted by Crippen LogP contribution is 2.20.